The molecule has 1 aromatic heterocycles. The molecule has 8 heteroatoms. The molecule has 1 aromatic carbocycles. The van der Waals surface area contributed by atoms with Crippen molar-refractivity contribution in [2.24, 2.45) is 7.05 Å². The molecule has 0 bridgehead atoms. The molecule has 1 aliphatic rings. The lowest BCUT2D eigenvalue weighted by atomic mass is 10.0. The largest absolute Gasteiger partial charge is 0.485 e. The third kappa shape index (κ3) is 3.95. The van der Waals surface area contributed by atoms with Gasteiger partial charge in [0.05, 0.1) is 30.6 Å². The summed E-state index contributed by atoms with van der Waals surface area (Å²) < 4.78 is 37.9. The molecule has 26 heavy (non-hydrogen) atoms. The average Bonchev–Trinajstić information content (AvgIpc) is 3.35. The van der Waals surface area contributed by atoms with Gasteiger partial charge in [0.25, 0.3) is 0 Å². The monoisotopic (exact) mass is 361 g/mol. The second kappa shape index (κ2) is 8.17. The first-order valence-corrected chi connectivity index (χ1v) is 8.26. The van der Waals surface area contributed by atoms with E-state index >= 15 is 0 Å². The van der Waals surface area contributed by atoms with Gasteiger partial charge in [-0.2, -0.15) is 10.4 Å². The Bertz CT molecular complexity index is 811. The Kier molecular flexibility index (Phi) is 5.71. The molecule has 138 valence electrons. The van der Waals surface area contributed by atoms with Crippen molar-refractivity contribution in [3.63, 3.8) is 0 Å². The van der Waals surface area contributed by atoms with E-state index in [2.05, 4.69) is 11.2 Å². The molecule has 7 nitrogen and oxygen atoms in total. The predicted molar refractivity (Wildman–Crippen MR) is 90.3 cm³/mol. The summed E-state index contributed by atoms with van der Waals surface area (Å²) in [6.07, 6.45) is 3.36. The van der Waals surface area contributed by atoms with Crippen molar-refractivity contribution >= 4 is 0 Å². The van der Waals surface area contributed by atoms with Gasteiger partial charge >= 0.3 is 0 Å². The Labute approximate surface area is 150 Å². The van der Waals surface area contributed by atoms with E-state index in [1.807, 2.05) is 0 Å². The fraction of sp³-hybridized carbons (Fsp3) is 0.444. The van der Waals surface area contributed by atoms with Crippen LogP contribution in [0.25, 0.3) is 11.3 Å². The molecule has 0 spiro atoms. The van der Waals surface area contributed by atoms with E-state index in [-0.39, 0.29) is 35.5 Å². The van der Waals surface area contributed by atoms with E-state index in [4.69, 9.17) is 18.9 Å². The van der Waals surface area contributed by atoms with Gasteiger partial charge in [-0.3, -0.25) is 4.68 Å². The first-order valence-electron chi connectivity index (χ1n) is 8.26. The van der Waals surface area contributed by atoms with Gasteiger partial charge in [-0.15, -0.1) is 0 Å². The molecule has 2 aromatic rings. The third-order valence-corrected chi connectivity index (χ3v) is 3.92. The summed E-state index contributed by atoms with van der Waals surface area (Å²) in [4.78, 5) is 0. The van der Waals surface area contributed by atoms with Crippen molar-refractivity contribution in [2.45, 2.75) is 18.9 Å². The Morgan fingerprint density at radius 2 is 2.19 bits per heavy atom. The number of benzene rings is 1. The topological polar surface area (TPSA) is 78.5 Å². The molecule has 0 saturated heterocycles. The Morgan fingerprint density at radius 1 is 1.38 bits per heavy atom. The second-order valence-corrected chi connectivity index (χ2v) is 5.87. The number of rotatable bonds is 9. The molecule has 0 aliphatic heterocycles. The first kappa shape index (κ1) is 18.2. The zero-order valence-electron chi connectivity index (χ0n) is 14.7. The molecule has 0 atom stereocenters. The Hall–Kier alpha value is -2.63. The summed E-state index contributed by atoms with van der Waals surface area (Å²) in [5, 5.41) is 13.7. The lowest BCUT2D eigenvalue weighted by Gasteiger charge is -2.17. The number of ether oxygens (including phenoxy) is 4. The maximum atomic E-state index is 14.8. The quantitative estimate of drug-likeness (QED) is 0.505. The minimum Gasteiger partial charge on any atom is -0.485 e. The summed E-state index contributed by atoms with van der Waals surface area (Å²) in [5.41, 5.74) is 0.728. The highest BCUT2D eigenvalue weighted by atomic mass is 19.1. The van der Waals surface area contributed by atoms with Crippen molar-refractivity contribution in [1.82, 2.24) is 9.78 Å². The van der Waals surface area contributed by atoms with Crippen LogP contribution in [0.15, 0.2) is 18.3 Å². The summed E-state index contributed by atoms with van der Waals surface area (Å²) >= 11 is 0. The summed E-state index contributed by atoms with van der Waals surface area (Å²) in [5.74, 6) is -0.197. The smallest absolute Gasteiger partial charge is 0.189 e. The van der Waals surface area contributed by atoms with Crippen LogP contribution in [0.3, 0.4) is 0 Å². The maximum Gasteiger partial charge on any atom is 0.189 e. The van der Waals surface area contributed by atoms with E-state index in [0.717, 1.165) is 12.8 Å². The van der Waals surface area contributed by atoms with E-state index in [0.29, 0.717) is 18.9 Å². The number of hydrogen-bond donors (Lipinski definition) is 0. The molecule has 1 fully saturated rings. The van der Waals surface area contributed by atoms with Crippen LogP contribution in [-0.4, -0.2) is 43.0 Å². The van der Waals surface area contributed by atoms with E-state index in [1.54, 1.807) is 26.4 Å². The van der Waals surface area contributed by atoms with Crippen molar-refractivity contribution in [1.29, 1.82) is 5.26 Å². The highest BCUT2D eigenvalue weighted by Crippen LogP contribution is 2.42. The predicted octanol–water partition coefficient (Wildman–Crippen LogP) is 2.64. The van der Waals surface area contributed by atoms with Gasteiger partial charge in [-0.25, -0.2) is 4.39 Å². The average molecular weight is 361 g/mol. The summed E-state index contributed by atoms with van der Waals surface area (Å²) in [6, 6.07) is 4.93. The lowest BCUT2D eigenvalue weighted by Crippen LogP contribution is -2.11. The molecular formula is C18H20FN3O4. The number of hydrogen-bond acceptors (Lipinski definition) is 6. The van der Waals surface area contributed by atoms with Gasteiger partial charge in [0.2, 0.25) is 0 Å². The number of nitriles is 1. The van der Waals surface area contributed by atoms with Gasteiger partial charge < -0.3 is 18.9 Å². The number of aromatic nitrogens is 2. The van der Waals surface area contributed by atoms with Gasteiger partial charge in [-0.05, 0) is 18.9 Å². The van der Waals surface area contributed by atoms with Crippen LogP contribution >= 0.6 is 0 Å². The van der Waals surface area contributed by atoms with Crippen LogP contribution in [0.2, 0.25) is 0 Å². The number of methoxy groups -OCH3 is 1. The van der Waals surface area contributed by atoms with Crippen LogP contribution in [0.1, 0.15) is 18.4 Å². The normalized spacial score (nSPS) is 13.5. The minimum absolute atomic E-state index is 0.0173. The Morgan fingerprint density at radius 3 is 2.81 bits per heavy atom. The third-order valence-electron chi connectivity index (χ3n) is 3.92. The van der Waals surface area contributed by atoms with Crippen LogP contribution in [-0.2, 0) is 16.5 Å². The van der Waals surface area contributed by atoms with E-state index in [1.165, 1.54) is 10.7 Å². The van der Waals surface area contributed by atoms with E-state index in [9.17, 15) is 9.65 Å². The van der Waals surface area contributed by atoms with Crippen molar-refractivity contribution < 1.29 is 23.3 Å². The highest BCUT2D eigenvalue weighted by Gasteiger charge is 2.30. The molecule has 0 N–H and O–H groups in total. The number of halogens is 1. The molecule has 1 heterocycles. The second-order valence-electron chi connectivity index (χ2n) is 5.87. The summed E-state index contributed by atoms with van der Waals surface area (Å²) in [6.45, 7) is 0.668. The van der Waals surface area contributed by atoms with Gasteiger partial charge in [-0.1, -0.05) is 0 Å². The molecule has 0 unspecified atom stereocenters. The molecular weight excluding hydrogens is 341 g/mol. The SMILES string of the molecule is COCCOCOc1cc(F)c(-c2ccnn2C)c(C#N)c1OC1CC1. The van der Waals surface area contributed by atoms with Crippen molar-refractivity contribution in [2.75, 3.05) is 27.1 Å². The molecule has 0 amide bonds. The van der Waals surface area contributed by atoms with Crippen LogP contribution in [0.5, 0.6) is 11.5 Å². The van der Waals surface area contributed by atoms with Crippen LogP contribution in [0.4, 0.5) is 4.39 Å². The number of aryl methyl sites for hydroxylation is 1. The lowest BCUT2D eigenvalue weighted by molar-refractivity contribution is -0.00990. The molecule has 0 radical (unpaired) electrons. The molecule has 3 rings (SSSR count). The van der Waals surface area contributed by atoms with Gasteiger partial charge in [0.1, 0.15) is 17.4 Å². The first-order chi connectivity index (χ1) is 12.7. The van der Waals surface area contributed by atoms with Crippen molar-refractivity contribution in [3.05, 3.63) is 29.7 Å². The summed E-state index contributed by atoms with van der Waals surface area (Å²) in [7, 11) is 3.25. The Balaban J connectivity index is 1.95. The minimum atomic E-state index is -0.583. The van der Waals surface area contributed by atoms with Gasteiger partial charge in [0, 0.05) is 26.4 Å². The molecule has 1 aliphatic carbocycles. The fourth-order valence-electron chi connectivity index (χ4n) is 2.47. The highest BCUT2D eigenvalue weighted by molar-refractivity contribution is 5.74. The maximum absolute atomic E-state index is 14.8. The number of nitrogens with zero attached hydrogens (tertiary/aromatic N) is 3. The zero-order chi connectivity index (χ0) is 18.5. The standard InChI is InChI=1S/C18H20FN3O4/c1-22-15(5-6-21-22)17-13(10-20)18(26-12-3-4-12)16(9-14(17)19)25-11-24-8-7-23-2/h5-6,9,12H,3-4,7-8,11H2,1-2H3. The fourth-order valence-corrected chi connectivity index (χ4v) is 2.47. The van der Waals surface area contributed by atoms with E-state index < -0.39 is 5.82 Å². The van der Waals surface area contributed by atoms with Crippen molar-refractivity contribution in [3.8, 4) is 28.8 Å². The molecule has 1 saturated carbocycles. The zero-order valence-corrected chi connectivity index (χ0v) is 14.7. The van der Waals surface area contributed by atoms with Crippen LogP contribution < -0.4 is 9.47 Å². The van der Waals surface area contributed by atoms with Crippen LogP contribution in [0, 0.1) is 17.1 Å². The van der Waals surface area contributed by atoms with Gasteiger partial charge in [0.15, 0.2) is 18.3 Å².